The van der Waals surface area contributed by atoms with Gasteiger partial charge in [0.25, 0.3) is 0 Å². The summed E-state index contributed by atoms with van der Waals surface area (Å²) in [4.78, 5) is 28.0. The highest BCUT2D eigenvalue weighted by molar-refractivity contribution is 5.72. The van der Waals surface area contributed by atoms with Gasteiger partial charge in [0, 0.05) is 13.8 Å². The molecule has 0 unspecified atom stereocenters. The minimum absolute atomic E-state index is 0.333. The second-order valence-electron chi connectivity index (χ2n) is 2.35. The zero-order valence-electron chi connectivity index (χ0n) is 8.48. The first kappa shape index (κ1) is 18.2. The summed E-state index contributed by atoms with van der Waals surface area (Å²) in [5.41, 5.74) is 13.8. The van der Waals surface area contributed by atoms with E-state index in [1.807, 2.05) is 0 Å². The standard InChI is InChI=1S/C3H7NO2.2C2H5NO/c1-2(4)3(5)6;2*1-2(3)4/h2H,4H2,1H3,(H,5,6);2*1H3,(H2,3,4)/t2-;;/m0../s1. The average Bonchev–Trinajstić information content (AvgIpc) is 1.83. The SMILES string of the molecule is CC(N)=O.CC(N)=O.C[C@H](N)C(=O)O. The molecular weight excluding hydrogens is 190 g/mol. The molecule has 0 heterocycles. The van der Waals surface area contributed by atoms with E-state index in [1.165, 1.54) is 20.8 Å². The lowest BCUT2D eigenvalue weighted by molar-refractivity contribution is -0.138. The molecule has 14 heavy (non-hydrogen) atoms. The van der Waals surface area contributed by atoms with Crippen LogP contribution in [-0.4, -0.2) is 28.9 Å². The predicted molar refractivity (Wildman–Crippen MR) is 51.0 cm³/mol. The van der Waals surface area contributed by atoms with E-state index >= 15 is 0 Å². The Morgan fingerprint density at radius 3 is 1.14 bits per heavy atom. The number of amides is 2. The summed E-state index contributed by atoms with van der Waals surface area (Å²) < 4.78 is 0. The maximum absolute atomic E-state index is 9.57. The van der Waals surface area contributed by atoms with Crippen LogP contribution in [0.5, 0.6) is 0 Å². The maximum Gasteiger partial charge on any atom is 0.320 e. The number of carbonyl (C=O) groups excluding carboxylic acids is 2. The predicted octanol–water partition coefficient (Wildman–Crippen LogP) is -1.60. The van der Waals surface area contributed by atoms with Gasteiger partial charge < -0.3 is 22.3 Å². The summed E-state index contributed by atoms with van der Waals surface area (Å²) in [5, 5.41) is 7.87. The van der Waals surface area contributed by atoms with Crippen LogP contribution in [0.3, 0.4) is 0 Å². The summed E-state index contributed by atoms with van der Waals surface area (Å²) in [6.07, 6.45) is 0. The van der Waals surface area contributed by atoms with Crippen LogP contribution in [0.4, 0.5) is 0 Å². The van der Waals surface area contributed by atoms with Gasteiger partial charge in [-0.2, -0.15) is 0 Å². The van der Waals surface area contributed by atoms with Gasteiger partial charge in [-0.15, -0.1) is 0 Å². The summed E-state index contributed by atoms with van der Waals surface area (Å²) in [5.74, 6) is -1.63. The Morgan fingerprint density at radius 2 is 1.14 bits per heavy atom. The number of carbonyl (C=O) groups is 3. The Hall–Kier alpha value is -1.63. The number of carboxylic acids is 1. The molecule has 0 spiro atoms. The van der Waals surface area contributed by atoms with Gasteiger partial charge in [-0.05, 0) is 6.92 Å². The van der Waals surface area contributed by atoms with Crippen molar-refractivity contribution in [2.75, 3.05) is 0 Å². The lowest BCUT2D eigenvalue weighted by Gasteiger charge is -1.90. The van der Waals surface area contributed by atoms with Gasteiger partial charge in [0.05, 0.1) is 0 Å². The molecule has 0 aromatic rings. The van der Waals surface area contributed by atoms with E-state index < -0.39 is 12.0 Å². The number of nitrogens with two attached hydrogens (primary N) is 3. The van der Waals surface area contributed by atoms with E-state index in [1.54, 1.807) is 0 Å². The van der Waals surface area contributed by atoms with Crippen molar-refractivity contribution in [3.8, 4) is 0 Å². The fraction of sp³-hybridized carbons (Fsp3) is 0.571. The normalized spacial score (nSPS) is 9.43. The number of hydrogen-bond acceptors (Lipinski definition) is 4. The molecule has 0 saturated carbocycles. The molecule has 7 heteroatoms. The molecule has 0 radical (unpaired) electrons. The Morgan fingerprint density at radius 1 is 1.07 bits per heavy atom. The number of aliphatic carboxylic acids is 1. The van der Waals surface area contributed by atoms with Crippen LogP contribution in [-0.2, 0) is 14.4 Å². The molecule has 0 rings (SSSR count). The van der Waals surface area contributed by atoms with Gasteiger partial charge in [0.1, 0.15) is 6.04 Å². The van der Waals surface area contributed by atoms with Crippen LogP contribution in [0, 0.1) is 0 Å². The number of hydrogen-bond donors (Lipinski definition) is 4. The smallest absolute Gasteiger partial charge is 0.320 e. The molecule has 7 N–H and O–H groups in total. The van der Waals surface area contributed by atoms with E-state index in [4.69, 9.17) is 10.8 Å². The van der Waals surface area contributed by atoms with Gasteiger partial charge in [0.15, 0.2) is 0 Å². The molecule has 0 aliphatic heterocycles. The van der Waals surface area contributed by atoms with Crippen LogP contribution in [0.2, 0.25) is 0 Å². The third-order valence-electron chi connectivity index (χ3n) is 0.390. The fourth-order valence-electron chi connectivity index (χ4n) is 0. The number of carboxylic acid groups (broad SMARTS) is 1. The van der Waals surface area contributed by atoms with E-state index in [0.29, 0.717) is 0 Å². The number of rotatable bonds is 1. The van der Waals surface area contributed by atoms with Gasteiger partial charge in [0.2, 0.25) is 11.8 Å². The molecule has 0 aliphatic carbocycles. The number of primary amides is 2. The molecular formula is C7H17N3O4. The summed E-state index contributed by atoms with van der Waals surface area (Å²) in [6.45, 7) is 4.03. The topological polar surface area (TPSA) is 150 Å². The molecule has 84 valence electrons. The Bertz CT molecular complexity index is 171. The van der Waals surface area contributed by atoms with Crippen molar-refractivity contribution >= 4 is 17.8 Å². The fourth-order valence-corrected chi connectivity index (χ4v) is 0. The van der Waals surface area contributed by atoms with Crippen LogP contribution in [0.1, 0.15) is 20.8 Å². The molecule has 0 fully saturated rings. The first-order valence-corrected chi connectivity index (χ1v) is 3.61. The first-order chi connectivity index (χ1) is 6.11. The largest absolute Gasteiger partial charge is 0.480 e. The van der Waals surface area contributed by atoms with Crippen molar-refractivity contribution < 1.29 is 19.5 Å². The van der Waals surface area contributed by atoms with Gasteiger partial charge in [-0.3, -0.25) is 14.4 Å². The third-order valence-corrected chi connectivity index (χ3v) is 0.390. The monoisotopic (exact) mass is 207 g/mol. The molecule has 0 aromatic carbocycles. The van der Waals surface area contributed by atoms with Crippen molar-refractivity contribution in [2.45, 2.75) is 26.8 Å². The minimum Gasteiger partial charge on any atom is -0.480 e. The summed E-state index contributed by atoms with van der Waals surface area (Å²) in [7, 11) is 0. The van der Waals surface area contributed by atoms with Gasteiger partial charge in [-0.25, -0.2) is 0 Å². The Kier molecular flexibility index (Phi) is 14.8. The first-order valence-electron chi connectivity index (χ1n) is 3.61. The lowest BCUT2D eigenvalue weighted by atomic mass is 10.4. The maximum atomic E-state index is 9.57. The van der Waals surface area contributed by atoms with Crippen molar-refractivity contribution in [3.63, 3.8) is 0 Å². The zero-order chi connectivity index (χ0) is 12.3. The highest BCUT2D eigenvalue weighted by Gasteiger charge is 1.99. The van der Waals surface area contributed by atoms with Gasteiger partial charge >= 0.3 is 5.97 Å². The quantitative estimate of drug-likeness (QED) is 0.408. The molecule has 0 bridgehead atoms. The highest BCUT2D eigenvalue weighted by Crippen LogP contribution is 1.68. The van der Waals surface area contributed by atoms with Crippen LogP contribution in [0.15, 0.2) is 0 Å². The van der Waals surface area contributed by atoms with Crippen LogP contribution >= 0.6 is 0 Å². The van der Waals surface area contributed by atoms with E-state index in [0.717, 1.165) is 0 Å². The van der Waals surface area contributed by atoms with Crippen LogP contribution < -0.4 is 17.2 Å². The van der Waals surface area contributed by atoms with E-state index in [2.05, 4.69) is 11.5 Å². The molecule has 0 aliphatic rings. The zero-order valence-corrected chi connectivity index (χ0v) is 8.48. The van der Waals surface area contributed by atoms with Gasteiger partial charge in [-0.1, -0.05) is 0 Å². The second kappa shape index (κ2) is 11.4. The lowest BCUT2D eigenvalue weighted by Crippen LogP contribution is -2.25. The van der Waals surface area contributed by atoms with Crippen molar-refractivity contribution in [3.05, 3.63) is 0 Å². The Balaban J connectivity index is -0.000000135. The average molecular weight is 207 g/mol. The van der Waals surface area contributed by atoms with Crippen molar-refractivity contribution in [2.24, 2.45) is 17.2 Å². The molecule has 0 saturated heterocycles. The highest BCUT2D eigenvalue weighted by atomic mass is 16.4. The van der Waals surface area contributed by atoms with Crippen molar-refractivity contribution in [1.29, 1.82) is 0 Å². The third kappa shape index (κ3) is 162. The molecule has 7 nitrogen and oxygen atoms in total. The molecule has 2 amide bonds. The Labute approximate surface area is 82.2 Å². The van der Waals surface area contributed by atoms with Crippen LogP contribution in [0.25, 0.3) is 0 Å². The minimum atomic E-state index is -0.963. The summed E-state index contributed by atoms with van der Waals surface area (Å²) in [6, 6.07) is -0.731. The summed E-state index contributed by atoms with van der Waals surface area (Å²) >= 11 is 0. The van der Waals surface area contributed by atoms with Crippen molar-refractivity contribution in [1.82, 2.24) is 0 Å². The van der Waals surface area contributed by atoms with E-state index in [-0.39, 0.29) is 11.8 Å². The van der Waals surface area contributed by atoms with E-state index in [9.17, 15) is 14.4 Å². The second-order valence-corrected chi connectivity index (χ2v) is 2.35. The molecule has 1 atom stereocenters. The molecule has 0 aromatic heterocycles.